The Bertz CT molecular complexity index is 844. The van der Waals surface area contributed by atoms with Gasteiger partial charge in [-0.05, 0) is 41.3 Å². The van der Waals surface area contributed by atoms with Crippen molar-refractivity contribution >= 4 is 48.5 Å². The molecular formula is C19H15Br2NO. The van der Waals surface area contributed by atoms with Crippen molar-refractivity contribution in [3.05, 3.63) is 65.9 Å². The molecule has 1 aromatic heterocycles. The predicted octanol–water partition coefficient (Wildman–Crippen LogP) is 5.42. The number of nitrogens with zero attached hydrogens (tertiary/aromatic N) is 1. The molecule has 0 aliphatic carbocycles. The van der Waals surface area contributed by atoms with Crippen LogP contribution >= 0.6 is 31.9 Å². The van der Waals surface area contributed by atoms with Crippen LogP contribution in [0.2, 0.25) is 0 Å². The van der Waals surface area contributed by atoms with Gasteiger partial charge < -0.3 is 0 Å². The summed E-state index contributed by atoms with van der Waals surface area (Å²) < 4.78 is 0. The normalized spacial score (nSPS) is 10.9. The standard InChI is InChI=1S/C19H15Br2NO/c20-10-9-13-1-3-14(4-2-13)15-5-7-17-16(11-15)6-8-18(22-17)19(23)12-21/h1-8,11H,9-10,12H2. The average molecular weight is 433 g/mol. The van der Waals surface area contributed by atoms with E-state index < -0.39 is 0 Å². The molecule has 0 N–H and O–H groups in total. The fraction of sp³-hybridized carbons (Fsp3) is 0.158. The van der Waals surface area contributed by atoms with Gasteiger partial charge in [0.15, 0.2) is 5.78 Å². The number of pyridine rings is 1. The number of carbonyl (C=O) groups is 1. The summed E-state index contributed by atoms with van der Waals surface area (Å²) in [6.07, 6.45) is 1.03. The molecule has 0 amide bonds. The van der Waals surface area contributed by atoms with Gasteiger partial charge in [0.25, 0.3) is 0 Å². The third-order valence-electron chi connectivity index (χ3n) is 3.77. The Labute approximate surface area is 152 Å². The van der Waals surface area contributed by atoms with Crippen LogP contribution in [0.15, 0.2) is 54.6 Å². The summed E-state index contributed by atoms with van der Waals surface area (Å²) >= 11 is 6.65. The minimum Gasteiger partial charge on any atom is -0.291 e. The van der Waals surface area contributed by atoms with E-state index in [9.17, 15) is 4.79 Å². The van der Waals surface area contributed by atoms with E-state index in [0.717, 1.165) is 28.2 Å². The van der Waals surface area contributed by atoms with E-state index in [-0.39, 0.29) is 5.78 Å². The fourth-order valence-electron chi connectivity index (χ4n) is 2.50. The maximum atomic E-state index is 11.7. The summed E-state index contributed by atoms with van der Waals surface area (Å²) in [5, 5.41) is 2.31. The molecule has 3 rings (SSSR count). The molecule has 0 saturated carbocycles. The lowest BCUT2D eigenvalue weighted by molar-refractivity contribution is 0.101. The molecule has 3 aromatic rings. The number of aromatic nitrogens is 1. The molecule has 2 nitrogen and oxygen atoms in total. The Hall–Kier alpha value is -1.52. The Morgan fingerprint density at radius 2 is 1.65 bits per heavy atom. The van der Waals surface area contributed by atoms with Crippen LogP contribution in [0, 0.1) is 0 Å². The van der Waals surface area contributed by atoms with E-state index >= 15 is 0 Å². The second kappa shape index (κ2) is 7.37. The highest BCUT2D eigenvalue weighted by atomic mass is 79.9. The Morgan fingerprint density at radius 1 is 0.913 bits per heavy atom. The van der Waals surface area contributed by atoms with Gasteiger partial charge in [-0.25, -0.2) is 4.98 Å². The van der Waals surface area contributed by atoms with Gasteiger partial charge in [-0.1, -0.05) is 68.3 Å². The van der Waals surface area contributed by atoms with Crippen LogP contribution in [0.3, 0.4) is 0 Å². The Morgan fingerprint density at radius 3 is 2.35 bits per heavy atom. The third-order valence-corrected chi connectivity index (χ3v) is 4.67. The first-order valence-electron chi connectivity index (χ1n) is 7.36. The maximum Gasteiger partial charge on any atom is 0.191 e. The number of benzene rings is 2. The third kappa shape index (κ3) is 3.70. The molecule has 0 unspecified atom stereocenters. The lowest BCUT2D eigenvalue weighted by atomic mass is 10.0. The summed E-state index contributed by atoms with van der Waals surface area (Å²) in [7, 11) is 0. The molecule has 0 atom stereocenters. The largest absolute Gasteiger partial charge is 0.291 e. The van der Waals surface area contributed by atoms with E-state index in [2.05, 4.69) is 73.2 Å². The lowest BCUT2D eigenvalue weighted by Crippen LogP contribution is -2.02. The van der Waals surface area contributed by atoms with E-state index in [1.165, 1.54) is 11.1 Å². The minimum absolute atomic E-state index is 0.00152. The van der Waals surface area contributed by atoms with Gasteiger partial charge in [0, 0.05) is 10.7 Å². The second-order valence-corrected chi connectivity index (χ2v) is 6.65. The molecule has 0 radical (unpaired) electrons. The summed E-state index contributed by atoms with van der Waals surface area (Å²) in [5.41, 5.74) is 5.01. The highest BCUT2D eigenvalue weighted by Gasteiger charge is 2.07. The molecule has 23 heavy (non-hydrogen) atoms. The molecule has 0 aliphatic heterocycles. The van der Waals surface area contributed by atoms with Crippen LogP contribution in [0.1, 0.15) is 16.1 Å². The van der Waals surface area contributed by atoms with Crippen molar-refractivity contribution < 1.29 is 4.79 Å². The van der Waals surface area contributed by atoms with Crippen LogP contribution < -0.4 is 0 Å². The highest BCUT2D eigenvalue weighted by molar-refractivity contribution is 9.09. The molecule has 1 heterocycles. The van der Waals surface area contributed by atoms with Crippen molar-refractivity contribution in [1.82, 2.24) is 4.98 Å². The first-order valence-corrected chi connectivity index (χ1v) is 9.61. The smallest absolute Gasteiger partial charge is 0.191 e. The van der Waals surface area contributed by atoms with E-state index in [1.54, 1.807) is 6.07 Å². The number of hydrogen-bond acceptors (Lipinski definition) is 2. The molecule has 0 spiro atoms. The monoisotopic (exact) mass is 431 g/mol. The molecular weight excluding hydrogens is 418 g/mol. The van der Waals surface area contributed by atoms with Crippen molar-refractivity contribution in [2.24, 2.45) is 0 Å². The minimum atomic E-state index is -0.00152. The molecule has 4 heteroatoms. The van der Waals surface area contributed by atoms with Gasteiger partial charge in [0.05, 0.1) is 10.8 Å². The quantitative estimate of drug-likeness (QED) is 0.398. The Balaban J connectivity index is 1.95. The number of halogens is 2. The molecule has 0 bridgehead atoms. The number of aryl methyl sites for hydroxylation is 1. The first kappa shape index (κ1) is 16.3. The van der Waals surface area contributed by atoms with Crippen molar-refractivity contribution in [1.29, 1.82) is 0 Å². The number of carbonyl (C=O) groups excluding carboxylic acids is 1. The summed E-state index contributed by atoms with van der Waals surface area (Å²) in [5.74, 6) is -0.00152. The SMILES string of the molecule is O=C(CBr)c1ccc2cc(-c3ccc(CCBr)cc3)ccc2n1. The van der Waals surface area contributed by atoms with Crippen molar-refractivity contribution in [3.8, 4) is 11.1 Å². The molecule has 0 fully saturated rings. The number of Topliss-reactive ketones (excluding diaryl/α,β-unsaturated/α-hetero) is 1. The van der Waals surface area contributed by atoms with Crippen LogP contribution in [0.25, 0.3) is 22.0 Å². The van der Waals surface area contributed by atoms with Gasteiger partial charge in [-0.2, -0.15) is 0 Å². The van der Waals surface area contributed by atoms with Gasteiger partial charge in [0.1, 0.15) is 5.69 Å². The van der Waals surface area contributed by atoms with Crippen LogP contribution in [-0.2, 0) is 6.42 Å². The van der Waals surface area contributed by atoms with E-state index in [4.69, 9.17) is 0 Å². The highest BCUT2D eigenvalue weighted by Crippen LogP contribution is 2.24. The first-order chi connectivity index (χ1) is 11.2. The second-order valence-electron chi connectivity index (χ2n) is 5.30. The predicted molar refractivity (Wildman–Crippen MR) is 103 cm³/mol. The Kier molecular flexibility index (Phi) is 5.23. The van der Waals surface area contributed by atoms with Crippen LogP contribution in [0.4, 0.5) is 0 Å². The topological polar surface area (TPSA) is 30.0 Å². The zero-order valence-corrected chi connectivity index (χ0v) is 15.6. The zero-order chi connectivity index (χ0) is 16.2. The van der Waals surface area contributed by atoms with Crippen LogP contribution in [-0.4, -0.2) is 21.4 Å². The number of fused-ring (bicyclic) bond motifs is 1. The van der Waals surface area contributed by atoms with Gasteiger partial charge >= 0.3 is 0 Å². The lowest BCUT2D eigenvalue weighted by Gasteiger charge is -2.06. The summed E-state index contributed by atoms with van der Waals surface area (Å²) in [4.78, 5) is 16.2. The van der Waals surface area contributed by atoms with Crippen LogP contribution in [0.5, 0.6) is 0 Å². The number of hydrogen-bond donors (Lipinski definition) is 0. The number of rotatable bonds is 5. The van der Waals surface area contributed by atoms with E-state index in [1.807, 2.05) is 12.1 Å². The van der Waals surface area contributed by atoms with Gasteiger partial charge in [-0.15, -0.1) is 0 Å². The van der Waals surface area contributed by atoms with Gasteiger partial charge in [0.2, 0.25) is 0 Å². The van der Waals surface area contributed by atoms with E-state index in [0.29, 0.717) is 11.0 Å². The average Bonchev–Trinajstić information content (AvgIpc) is 2.61. The number of alkyl halides is 2. The molecule has 0 saturated heterocycles. The van der Waals surface area contributed by atoms with Gasteiger partial charge in [-0.3, -0.25) is 4.79 Å². The maximum absolute atomic E-state index is 11.7. The van der Waals surface area contributed by atoms with Crippen molar-refractivity contribution in [2.75, 3.05) is 10.7 Å². The zero-order valence-electron chi connectivity index (χ0n) is 12.4. The number of ketones is 1. The molecule has 0 aliphatic rings. The fourth-order valence-corrected chi connectivity index (χ4v) is 3.25. The van der Waals surface area contributed by atoms with Crippen molar-refractivity contribution in [3.63, 3.8) is 0 Å². The molecule has 116 valence electrons. The molecule has 2 aromatic carbocycles. The summed E-state index contributed by atoms with van der Waals surface area (Å²) in [6.45, 7) is 0. The van der Waals surface area contributed by atoms with Crippen molar-refractivity contribution in [2.45, 2.75) is 6.42 Å². The summed E-state index contributed by atoms with van der Waals surface area (Å²) in [6, 6.07) is 18.5.